The summed E-state index contributed by atoms with van der Waals surface area (Å²) in [5.41, 5.74) is 0.900. The van der Waals surface area contributed by atoms with Gasteiger partial charge in [-0.25, -0.2) is 4.79 Å². The molecular weight excluding hydrogens is 246 g/mol. The van der Waals surface area contributed by atoms with E-state index in [2.05, 4.69) is 4.74 Å². The number of hydrogen-bond donors (Lipinski definition) is 0. The number of furan rings is 1. The van der Waals surface area contributed by atoms with Crippen LogP contribution in [0, 0.1) is 11.3 Å². The van der Waals surface area contributed by atoms with Crippen LogP contribution in [-0.2, 0) is 11.3 Å². The van der Waals surface area contributed by atoms with Gasteiger partial charge in [-0.05, 0) is 30.3 Å². The van der Waals surface area contributed by atoms with E-state index in [0.717, 1.165) is 0 Å². The average molecular weight is 257 g/mol. The van der Waals surface area contributed by atoms with Gasteiger partial charge in [0.25, 0.3) is 0 Å². The van der Waals surface area contributed by atoms with E-state index in [0.29, 0.717) is 22.6 Å². The summed E-state index contributed by atoms with van der Waals surface area (Å²) in [7, 11) is 1.31. The van der Waals surface area contributed by atoms with Crippen LogP contribution in [0.4, 0.5) is 0 Å². The zero-order valence-corrected chi connectivity index (χ0v) is 10.3. The number of carbonyl (C=O) groups is 1. The Kier molecular flexibility index (Phi) is 3.84. The van der Waals surface area contributed by atoms with Crippen molar-refractivity contribution in [2.75, 3.05) is 7.11 Å². The third-order valence-electron chi connectivity index (χ3n) is 2.50. The molecule has 0 aliphatic rings. The molecule has 0 atom stereocenters. The zero-order valence-electron chi connectivity index (χ0n) is 10.3. The number of esters is 1. The van der Waals surface area contributed by atoms with Crippen LogP contribution in [0.25, 0.3) is 0 Å². The molecule has 0 amide bonds. The molecule has 0 unspecified atom stereocenters. The molecule has 1 heterocycles. The Morgan fingerprint density at radius 3 is 2.68 bits per heavy atom. The highest BCUT2D eigenvalue weighted by Gasteiger charge is 2.15. The normalized spacial score (nSPS) is 9.68. The molecular formula is C14H11NO4. The summed E-state index contributed by atoms with van der Waals surface area (Å²) in [6.07, 6.45) is 1.41. The van der Waals surface area contributed by atoms with E-state index in [9.17, 15) is 4.79 Å². The van der Waals surface area contributed by atoms with Gasteiger partial charge in [0.05, 0.1) is 25.0 Å². The Labute approximate surface area is 110 Å². The molecule has 1 aromatic carbocycles. The first-order chi connectivity index (χ1) is 9.24. The maximum Gasteiger partial charge on any atom is 0.341 e. The summed E-state index contributed by atoms with van der Waals surface area (Å²) in [4.78, 5) is 11.4. The molecule has 0 aliphatic carbocycles. The molecule has 96 valence electrons. The molecule has 0 N–H and O–H groups in total. The lowest BCUT2D eigenvalue weighted by Gasteiger charge is -2.05. The second kappa shape index (κ2) is 5.74. The quantitative estimate of drug-likeness (QED) is 0.787. The van der Waals surface area contributed by atoms with Crippen molar-refractivity contribution < 1.29 is 18.7 Å². The fourth-order valence-corrected chi connectivity index (χ4v) is 1.52. The monoisotopic (exact) mass is 257 g/mol. The van der Waals surface area contributed by atoms with E-state index < -0.39 is 5.97 Å². The first kappa shape index (κ1) is 12.7. The van der Waals surface area contributed by atoms with Crippen LogP contribution in [0.1, 0.15) is 21.7 Å². The largest absolute Gasteiger partial charge is 0.486 e. The number of nitrogens with zero attached hydrogens (tertiary/aromatic N) is 1. The summed E-state index contributed by atoms with van der Waals surface area (Å²) < 4.78 is 15.3. The molecule has 1 aromatic heterocycles. The van der Waals surface area contributed by atoms with Gasteiger partial charge >= 0.3 is 5.97 Å². The molecule has 0 radical (unpaired) electrons. The van der Waals surface area contributed by atoms with E-state index >= 15 is 0 Å². The predicted octanol–water partition coefficient (Wildman–Crippen LogP) is 2.52. The van der Waals surface area contributed by atoms with Crippen LogP contribution in [-0.4, -0.2) is 13.1 Å². The maximum absolute atomic E-state index is 11.4. The summed E-state index contributed by atoms with van der Waals surface area (Å²) in [5.74, 6) is 0.523. The topological polar surface area (TPSA) is 72.5 Å². The first-order valence-electron chi connectivity index (χ1n) is 5.52. The van der Waals surface area contributed by atoms with E-state index in [1.165, 1.54) is 19.4 Å². The van der Waals surface area contributed by atoms with E-state index in [4.69, 9.17) is 14.4 Å². The second-order valence-electron chi connectivity index (χ2n) is 3.67. The van der Waals surface area contributed by atoms with Crippen LogP contribution in [0.5, 0.6) is 5.75 Å². The summed E-state index contributed by atoms with van der Waals surface area (Å²) in [6, 6.07) is 10.2. The minimum atomic E-state index is -0.466. The lowest BCUT2D eigenvalue weighted by atomic mass is 10.2. The number of benzene rings is 1. The molecule has 0 saturated heterocycles. The molecule has 5 nitrogen and oxygen atoms in total. The third-order valence-corrected chi connectivity index (χ3v) is 2.50. The van der Waals surface area contributed by atoms with Gasteiger partial charge in [0.2, 0.25) is 0 Å². The van der Waals surface area contributed by atoms with Gasteiger partial charge in [-0.2, -0.15) is 5.26 Å². The molecule has 2 aromatic rings. The Balaban J connectivity index is 2.04. The van der Waals surface area contributed by atoms with Crippen LogP contribution in [0.15, 0.2) is 41.0 Å². The predicted molar refractivity (Wildman–Crippen MR) is 65.5 cm³/mol. The van der Waals surface area contributed by atoms with Crippen molar-refractivity contribution in [2.24, 2.45) is 0 Å². The number of hydrogen-bond acceptors (Lipinski definition) is 5. The summed E-state index contributed by atoms with van der Waals surface area (Å²) >= 11 is 0. The van der Waals surface area contributed by atoms with Crippen LogP contribution in [0.2, 0.25) is 0 Å². The number of rotatable bonds is 4. The molecule has 0 saturated carbocycles. The van der Waals surface area contributed by atoms with Crippen molar-refractivity contribution in [1.29, 1.82) is 5.26 Å². The van der Waals surface area contributed by atoms with Gasteiger partial charge in [-0.1, -0.05) is 0 Å². The molecule has 2 rings (SSSR count). The fraction of sp³-hybridized carbons (Fsp3) is 0.143. The fourth-order valence-electron chi connectivity index (χ4n) is 1.52. The van der Waals surface area contributed by atoms with Gasteiger partial charge < -0.3 is 13.9 Å². The maximum atomic E-state index is 11.4. The van der Waals surface area contributed by atoms with Crippen molar-refractivity contribution in [2.45, 2.75) is 6.61 Å². The van der Waals surface area contributed by atoms with Crippen molar-refractivity contribution in [1.82, 2.24) is 0 Å². The Hall–Kier alpha value is -2.74. The molecule has 5 heteroatoms. The Morgan fingerprint density at radius 2 is 2.05 bits per heavy atom. The standard InChI is InChI=1S/C14H11NO4/c1-17-14(16)12-6-7-18-13(12)9-19-11-4-2-10(8-15)3-5-11/h2-7H,9H2,1H3. The van der Waals surface area contributed by atoms with E-state index in [1.807, 2.05) is 6.07 Å². The van der Waals surface area contributed by atoms with Gasteiger partial charge in [0, 0.05) is 0 Å². The average Bonchev–Trinajstić information content (AvgIpc) is 2.93. The van der Waals surface area contributed by atoms with Gasteiger partial charge in [-0.3, -0.25) is 0 Å². The lowest BCUT2D eigenvalue weighted by Crippen LogP contribution is -2.05. The molecule has 19 heavy (non-hydrogen) atoms. The Morgan fingerprint density at radius 1 is 1.32 bits per heavy atom. The summed E-state index contributed by atoms with van der Waals surface area (Å²) in [6.45, 7) is 0.114. The van der Waals surface area contributed by atoms with Crippen LogP contribution >= 0.6 is 0 Å². The van der Waals surface area contributed by atoms with Gasteiger partial charge in [-0.15, -0.1) is 0 Å². The first-order valence-corrected chi connectivity index (χ1v) is 5.52. The van der Waals surface area contributed by atoms with Crippen molar-refractivity contribution >= 4 is 5.97 Å². The smallest absolute Gasteiger partial charge is 0.341 e. The SMILES string of the molecule is COC(=O)c1ccoc1COc1ccc(C#N)cc1. The lowest BCUT2D eigenvalue weighted by molar-refractivity contribution is 0.0595. The van der Waals surface area contributed by atoms with Crippen LogP contribution in [0.3, 0.4) is 0 Å². The van der Waals surface area contributed by atoms with Crippen molar-refractivity contribution in [3.63, 3.8) is 0 Å². The van der Waals surface area contributed by atoms with E-state index in [1.54, 1.807) is 24.3 Å². The number of nitriles is 1. The Bertz CT molecular complexity index is 607. The highest BCUT2D eigenvalue weighted by atomic mass is 16.5. The molecule has 0 spiro atoms. The minimum Gasteiger partial charge on any atom is -0.486 e. The second-order valence-corrected chi connectivity index (χ2v) is 3.67. The van der Waals surface area contributed by atoms with Crippen molar-refractivity contribution in [3.05, 3.63) is 53.5 Å². The van der Waals surface area contributed by atoms with Gasteiger partial charge in [0.15, 0.2) is 5.76 Å². The highest BCUT2D eigenvalue weighted by Crippen LogP contribution is 2.17. The number of methoxy groups -OCH3 is 1. The molecule has 0 bridgehead atoms. The molecule has 0 fully saturated rings. The third kappa shape index (κ3) is 2.93. The molecule has 0 aliphatic heterocycles. The number of ether oxygens (including phenoxy) is 2. The highest BCUT2D eigenvalue weighted by molar-refractivity contribution is 5.90. The summed E-state index contributed by atoms with van der Waals surface area (Å²) in [5, 5.41) is 8.68. The zero-order chi connectivity index (χ0) is 13.7. The number of carbonyl (C=O) groups excluding carboxylic acids is 1. The minimum absolute atomic E-state index is 0.114. The van der Waals surface area contributed by atoms with Crippen molar-refractivity contribution in [3.8, 4) is 11.8 Å². The van der Waals surface area contributed by atoms with Crippen LogP contribution < -0.4 is 4.74 Å². The van der Waals surface area contributed by atoms with Gasteiger partial charge in [0.1, 0.15) is 17.9 Å². The van der Waals surface area contributed by atoms with E-state index in [-0.39, 0.29) is 6.61 Å².